The number of nitrogens with one attached hydrogen (secondary N) is 1. The molecule has 2 aromatic heterocycles. The first kappa shape index (κ1) is 23.0. The largest absolute Gasteiger partial charge is 0.461 e. The zero-order valence-corrected chi connectivity index (χ0v) is 16.5. The number of aromatic nitrogens is 4. The Morgan fingerprint density at radius 1 is 1.03 bits per heavy atom. The van der Waals surface area contributed by atoms with Crippen molar-refractivity contribution in [2.24, 2.45) is 7.05 Å². The van der Waals surface area contributed by atoms with Gasteiger partial charge in [0.15, 0.2) is 0 Å². The maximum absolute atomic E-state index is 13.0. The van der Waals surface area contributed by atoms with Gasteiger partial charge in [0, 0.05) is 25.0 Å². The number of ether oxygens (including phenoxy) is 1. The molecule has 2 heterocycles. The maximum Gasteiger partial charge on any atom is 0.416 e. The van der Waals surface area contributed by atoms with Crippen LogP contribution in [0.4, 0.5) is 38.0 Å². The highest BCUT2D eigenvalue weighted by molar-refractivity contribution is 5.88. The lowest BCUT2D eigenvalue weighted by Crippen LogP contribution is -2.12. The molecule has 32 heavy (non-hydrogen) atoms. The van der Waals surface area contributed by atoms with Gasteiger partial charge < -0.3 is 10.1 Å². The van der Waals surface area contributed by atoms with E-state index in [0.717, 1.165) is 0 Å². The molecule has 0 aliphatic rings. The van der Waals surface area contributed by atoms with E-state index in [1.165, 1.54) is 30.1 Å². The average molecular weight is 459 g/mol. The number of halogens is 6. The minimum atomic E-state index is -4.99. The number of nitrogens with zero attached hydrogens (tertiary/aromatic N) is 4. The molecule has 0 atom stereocenters. The molecular formula is C19H15F6N5O2. The molecule has 0 aliphatic heterocycles. The molecule has 170 valence electrons. The van der Waals surface area contributed by atoms with Crippen LogP contribution in [0.5, 0.6) is 0 Å². The van der Waals surface area contributed by atoms with Gasteiger partial charge in [-0.15, -0.1) is 0 Å². The van der Waals surface area contributed by atoms with Gasteiger partial charge in [-0.1, -0.05) is 0 Å². The topological polar surface area (TPSA) is 81.9 Å². The normalized spacial score (nSPS) is 12.0. The lowest BCUT2D eigenvalue weighted by Gasteiger charge is -2.14. The van der Waals surface area contributed by atoms with E-state index in [1.807, 2.05) is 0 Å². The van der Waals surface area contributed by atoms with E-state index in [2.05, 4.69) is 20.4 Å². The number of rotatable bonds is 5. The van der Waals surface area contributed by atoms with E-state index < -0.39 is 35.1 Å². The predicted octanol–water partition coefficient (Wildman–Crippen LogP) is 4.84. The van der Waals surface area contributed by atoms with Gasteiger partial charge in [-0.25, -0.2) is 14.8 Å². The molecule has 3 aromatic rings. The van der Waals surface area contributed by atoms with E-state index in [0.29, 0.717) is 12.1 Å². The minimum absolute atomic E-state index is 0.0211. The van der Waals surface area contributed by atoms with Crippen LogP contribution in [-0.4, -0.2) is 32.3 Å². The SMILES string of the molecule is CCOC(=O)c1cc(-c2ccnc(Nc3cc(C(F)(F)F)cc(C(F)(F)F)c3)n2)nn1C. The molecule has 0 unspecified atom stereocenters. The first-order chi connectivity index (χ1) is 14.9. The molecule has 0 radical (unpaired) electrons. The third kappa shape index (κ3) is 5.15. The van der Waals surface area contributed by atoms with Crippen molar-refractivity contribution in [3.05, 3.63) is 53.3 Å². The fourth-order valence-electron chi connectivity index (χ4n) is 2.71. The highest BCUT2D eigenvalue weighted by Crippen LogP contribution is 2.38. The van der Waals surface area contributed by atoms with Gasteiger partial charge in [0.2, 0.25) is 5.95 Å². The van der Waals surface area contributed by atoms with Crippen molar-refractivity contribution in [3.63, 3.8) is 0 Å². The first-order valence-corrected chi connectivity index (χ1v) is 8.99. The second-order valence-electron chi connectivity index (χ2n) is 6.44. The molecule has 0 saturated carbocycles. The van der Waals surface area contributed by atoms with Crippen molar-refractivity contribution in [2.75, 3.05) is 11.9 Å². The molecule has 1 aromatic carbocycles. The summed E-state index contributed by atoms with van der Waals surface area (Å²) in [6.07, 6.45) is -8.74. The Bertz CT molecular complexity index is 1110. The Balaban J connectivity index is 1.95. The van der Waals surface area contributed by atoms with Gasteiger partial charge >= 0.3 is 18.3 Å². The number of esters is 1. The van der Waals surface area contributed by atoms with Gasteiger partial charge in [0.05, 0.1) is 23.4 Å². The number of hydrogen-bond donors (Lipinski definition) is 1. The lowest BCUT2D eigenvalue weighted by molar-refractivity contribution is -0.143. The zero-order chi connectivity index (χ0) is 23.7. The summed E-state index contributed by atoms with van der Waals surface area (Å²) >= 11 is 0. The average Bonchev–Trinajstić information content (AvgIpc) is 3.09. The Kier molecular flexibility index (Phi) is 6.10. The van der Waals surface area contributed by atoms with Crippen LogP contribution in [0.3, 0.4) is 0 Å². The van der Waals surface area contributed by atoms with Crippen molar-refractivity contribution < 1.29 is 35.9 Å². The van der Waals surface area contributed by atoms with Crippen LogP contribution in [0.2, 0.25) is 0 Å². The van der Waals surface area contributed by atoms with Crippen LogP contribution in [0.15, 0.2) is 36.5 Å². The molecular weight excluding hydrogens is 444 g/mol. The standard InChI is InChI=1S/C19H15F6N5O2/c1-3-32-16(31)15-9-14(29-30(15)2)13-4-5-26-17(28-13)27-12-7-10(18(20,21)22)6-11(8-12)19(23,24)25/h4-9H,3H2,1-2H3,(H,26,27,28). The second-order valence-corrected chi connectivity index (χ2v) is 6.44. The third-order valence-electron chi connectivity index (χ3n) is 4.13. The van der Waals surface area contributed by atoms with Gasteiger partial charge in [0.25, 0.3) is 0 Å². The van der Waals surface area contributed by atoms with Crippen LogP contribution in [0.1, 0.15) is 28.5 Å². The number of hydrogen-bond acceptors (Lipinski definition) is 6. The number of aryl methyl sites for hydroxylation is 1. The van der Waals surface area contributed by atoms with Crippen molar-refractivity contribution >= 4 is 17.6 Å². The Hall–Kier alpha value is -3.64. The molecule has 0 aliphatic carbocycles. The number of alkyl halides is 6. The third-order valence-corrected chi connectivity index (χ3v) is 4.13. The quantitative estimate of drug-likeness (QED) is 0.435. The smallest absolute Gasteiger partial charge is 0.416 e. The first-order valence-electron chi connectivity index (χ1n) is 8.99. The number of anilines is 2. The molecule has 0 fully saturated rings. The summed E-state index contributed by atoms with van der Waals surface area (Å²) in [4.78, 5) is 19.8. The van der Waals surface area contributed by atoms with Crippen LogP contribution >= 0.6 is 0 Å². The van der Waals surface area contributed by atoms with Crippen LogP contribution in [0.25, 0.3) is 11.4 Å². The monoisotopic (exact) mass is 459 g/mol. The summed E-state index contributed by atoms with van der Waals surface area (Å²) in [5.41, 5.74) is -2.93. The highest BCUT2D eigenvalue weighted by atomic mass is 19.4. The summed E-state index contributed by atoms with van der Waals surface area (Å²) < 4.78 is 84.4. The van der Waals surface area contributed by atoms with E-state index in [-0.39, 0.29) is 35.7 Å². The van der Waals surface area contributed by atoms with Crippen LogP contribution in [0, 0.1) is 0 Å². The highest BCUT2D eigenvalue weighted by Gasteiger charge is 2.37. The molecule has 3 rings (SSSR count). The molecule has 0 spiro atoms. The maximum atomic E-state index is 13.0. The van der Waals surface area contributed by atoms with Crippen molar-refractivity contribution in [1.29, 1.82) is 0 Å². The summed E-state index contributed by atoms with van der Waals surface area (Å²) in [5.74, 6) is -0.886. The Labute approximate surface area is 177 Å². The second kappa shape index (κ2) is 8.48. The summed E-state index contributed by atoms with van der Waals surface area (Å²) in [7, 11) is 1.50. The van der Waals surface area contributed by atoms with Crippen molar-refractivity contribution in [1.82, 2.24) is 19.7 Å². The molecule has 7 nitrogen and oxygen atoms in total. The van der Waals surface area contributed by atoms with Crippen LogP contribution in [-0.2, 0) is 24.1 Å². The molecule has 0 amide bonds. The Morgan fingerprint density at radius 2 is 1.66 bits per heavy atom. The number of benzene rings is 1. The van der Waals surface area contributed by atoms with E-state index in [1.54, 1.807) is 6.92 Å². The van der Waals surface area contributed by atoms with Gasteiger partial charge in [-0.05, 0) is 31.2 Å². The lowest BCUT2D eigenvalue weighted by atomic mass is 10.1. The van der Waals surface area contributed by atoms with Crippen molar-refractivity contribution in [2.45, 2.75) is 19.3 Å². The molecule has 0 saturated heterocycles. The predicted molar refractivity (Wildman–Crippen MR) is 99.9 cm³/mol. The van der Waals surface area contributed by atoms with E-state index in [9.17, 15) is 31.1 Å². The Morgan fingerprint density at radius 3 is 2.22 bits per heavy atom. The van der Waals surface area contributed by atoms with Gasteiger partial charge in [-0.3, -0.25) is 4.68 Å². The van der Waals surface area contributed by atoms with E-state index >= 15 is 0 Å². The number of carbonyl (C=O) groups excluding carboxylic acids is 1. The van der Waals surface area contributed by atoms with E-state index in [4.69, 9.17) is 4.74 Å². The number of carbonyl (C=O) groups is 1. The van der Waals surface area contributed by atoms with Crippen LogP contribution < -0.4 is 5.32 Å². The zero-order valence-electron chi connectivity index (χ0n) is 16.5. The minimum Gasteiger partial charge on any atom is -0.461 e. The fourth-order valence-corrected chi connectivity index (χ4v) is 2.71. The molecule has 0 bridgehead atoms. The summed E-state index contributed by atoms with van der Waals surface area (Å²) in [5, 5.41) is 6.48. The molecule has 13 heteroatoms. The molecule has 1 N–H and O–H groups in total. The fraction of sp³-hybridized carbons (Fsp3) is 0.263. The van der Waals surface area contributed by atoms with Gasteiger partial charge in [0.1, 0.15) is 11.4 Å². The summed E-state index contributed by atoms with van der Waals surface area (Å²) in [6, 6.07) is 3.86. The summed E-state index contributed by atoms with van der Waals surface area (Å²) in [6.45, 7) is 1.79. The van der Waals surface area contributed by atoms with Crippen molar-refractivity contribution in [3.8, 4) is 11.4 Å². The van der Waals surface area contributed by atoms with Gasteiger partial charge in [-0.2, -0.15) is 31.4 Å².